The molecule has 9 saturated heterocycles. The summed E-state index contributed by atoms with van der Waals surface area (Å²) < 4.78 is 9.94. The fourth-order valence-electron chi connectivity index (χ4n) is 28.6. The van der Waals surface area contributed by atoms with Crippen molar-refractivity contribution in [2.45, 2.75) is 564 Å². The van der Waals surface area contributed by atoms with E-state index in [1.54, 1.807) is 0 Å². The molecule has 9 aliphatic rings. The molecule has 718 valence electrons. The second kappa shape index (κ2) is 39.4. The van der Waals surface area contributed by atoms with Gasteiger partial charge in [0.15, 0.2) is 0 Å². The van der Waals surface area contributed by atoms with Crippen LogP contribution in [0, 0.1) is 54.7 Å². The third-order valence-electron chi connectivity index (χ3n) is 45.1. The quantitative estimate of drug-likeness (QED) is 0.213. The van der Waals surface area contributed by atoms with E-state index in [9.17, 15) is 0 Å². The normalized spacial score (nSPS) is 30.2. The highest BCUT2D eigenvalue weighted by Crippen LogP contribution is 2.73. The summed E-state index contributed by atoms with van der Waals surface area (Å²) in [5, 5.41) is 0. The Bertz CT molecular complexity index is 2900. The van der Waals surface area contributed by atoms with Crippen molar-refractivity contribution >= 4 is 0 Å². The largest absolute Gasteiger partial charge is 0.324 e. The maximum absolute atomic E-state index is 2.52. The number of fused-ring (bicyclic) bond motifs is 2. The Hall–Kier alpha value is -0.320. The van der Waals surface area contributed by atoms with Gasteiger partial charge in [0, 0.05) is 78.9 Å². The van der Waals surface area contributed by atoms with Gasteiger partial charge in [0.2, 0.25) is 0 Å². The molecule has 0 radical (unpaired) electrons. The minimum Gasteiger partial charge on any atom is -0.324 e. The fourth-order valence-corrected chi connectivity index (χ4v) is 28.6. The van der Waals surface area contributed by atoms with Gasteiger partial charge < -0.3 is 35.9 Å². The number of hydrogen-bond donors (Lipinski definition) is 0. The Morgan fingerprint density at radius 2 is 0.429 bits per heavy atom. The molecular formula is C111H242N8+8. The van der Waals surface area contributed by atoms with Crippen molar-refractivity contribution in [3.05, 3.63) is 0 Å². The second-order valence-corrected chi connectivity index (χ2v) is 55.5. The predicted octanol–water partition coefficient (Wildman–Crippen LogP) is 30.5. The number of hydrogen-bond acceptors (Lipinski definition) is 0. The smallest absolute Gasteiger partial charge is 0.0996 e. The molecule has 2 bridgehead atoms. The van der Waals surface area contributed by atoms with Crippen molar-refractivity contribution < 1.29 is 35.9 Å². The van der Waals surface area contributed by atoms with Crippen molar-refractivity contribution in [3.8, 4) is 0 Å². The van der Waals surface area contributed by atoms with Crippen molar-refractivity contribution in [3.63, 3.8) is 0 Å². The molecule has 0 unspecified atom stereocenters. The molecule has 8 heteroatoms. The minimum atomic E-state index is 0. The lowest BCUT2D eigenvalue weighted by atomic mass is 9.40. The number of quaternary nitrogens is 8. The summed E-state index contributed by atoms with van der Waals surface area (Å²) in [6, 6.07) is 5.88. The van der Waals surface area contributed by atoms with E-state index >= 15 is 0 Å². The predicted molar refractivity (Wildman–Crippen MR) is 543 cm³/mol. The van der Waals surface area contributed by atoms with E-state index < -0.39 is 0 Å². The van der Waals surface area contributed by atoms with E-state index in [2.05, 4.69) is 396 Å². The molecule has 0 spiro atoms. The van der Waals surface area contributed by atoms with Crippen LogP contribution in [0.25, 0.3) is 0 Å². The van der Waals surface area contributed by atoms with Gasteiger partial charge >= 0.3 is 0 Å². The number of piperidine rings is 6. The lowest BCUT2D eigenvalue weighted by molar-refractivity contribution is -1.04. The van der Waals surface area contributed by atoms with Crippen LogP contribution in [0.1, 0.15) is 471 Å². The monoisotopic (exact) mass is 1690 g/mol. The zero-order valence-electron chi connectivity index (χ0n) is 92.0. The molecular weight excluding hydrogens is 1450 g/mol. The lowest BCUT2D eigenvalue weighted by Crippen LogP contribution is -2.86. The molecule has 0 N–H and O–H groups in total. The van der Waals surface area contributed by atoms with Gasteiger partial charge in [0.1, 0.15) is 0 Å². The Labute approximate surface area is 758 Å². The molecule has 0 atom stereocenters. The number of likely N-dealkylation sites (tertiary alicyclic amines) is 7. The third-order valence-corrected chi connectivity index (χ3v) is 45.1. The van der Waals surface area contributed by atoms with Gasteiger partial charge in [-0.2, -0.15) is 0 Å². The van der Waals surface area contributed by atoms with Crippen LogP contribution in [0.5, 0.6) is 0 Å². The molecule has 9 rings (SSSR count). The van der Waals surface area contributed by atoms with Crippen LogP contribution in [0.4, 0.5) is 0 Å². The molecule has 9 aliphatic heterocycles. The summed E-state index contributed by atoms with van der Waals surface area (Å²) >= 11 is 0. The summed E-state index contributed by atoms with van der Waals surface area (Å²) in [5.41, 5.74) is 4.92. The van der Waals surface area contributed by atoms with E-state index in [1.165, 1.54) is 189 Å². The molecule has 0 saturated carbocycles. The van der Waals surface area contributed by atoms with E-state index in [0.29, 0.717) is 57.2 Å². The molecule has 0 aromatic heterocycles. The Morgan fingerprint density at radius 3 is 0.622 bits per heavy atom. The zero-order chi connectivity index (χ0) is 92.4. The first-order valence-corrected chi connectivity index (χ1v) is 49.9. The van der Waals surface area contributed by atoms with Crippen LogP contribution in [-0.2, 0) is 0 Å². The van der Waals surface area contributed by atoms with Crippen molar-refractivity contribution in [2.75, 3.05) is 108 Å². The standard InChI is InChI=1S/C22H46N.C19H40N.C15H32N.C13H28N.C11H24N.C10H22N.C9H18N.C9H20N.3CH4/c1-16(2)23(15)21(11,12)19(7,8)17(3,4)18(5,6)20(9,10)22(23,13)14;1-14(2)20(13)18(9,10)16(5,6)15(3,4)17(7,8)19(20,11)12;1-12(2)16(9)14(5,6)10-13(3,4)11-15(16,7)8;1-11(2)14(7)12(3,4)9-8-10-13(14,5)6;1-10(2)12(5)8-6-11(3,4)7-9-12;1-10(2)11(3)8-6-4-5-7-9-11;1-8(2)10-5-3-9(7-10)4-6-10;1-9(2)10(3)7-5-4-6-8-10;;;/h16H,1-15H3;14H,1-13H3;12H,10-11H2,1-9H3;11H,8-10H2,1-7H3;10H,6-9H2,1-5H3;10H,4-9H2,1-3H3;8-9H,3-7H2,1-2H3;9H,4-8H2,1-3H3;3*1H4/q8*+1;;;. The van der Waals surface area contributed by atoms with Crippen molar-refractivity contribution in [1.29, 1.82) is 0 Å². The van der Waals surface area contributed by atoms with Crippen LogP contribution in [-0.4, -0.2) is 237 Å². The van der Waals surface area contributed by atoms with Gasteiger partial charge in [0.25, 0.3) is 0 Å². The lowest BCUT2D eigenvalue weighted by Gasteiger charge is -2.77. The first-order chi connectivity index (χ1) is 51.0. The Morgan fingerprint density at radius 1 is 0.210 bits per heavy atom. The second-order valence-electron chi connectivity index (χ2n) is 55.5. The highest BCUT2D eigenvalue weighted by molar-refractivity contribution is 5.17. The van der Waals surface area contributed by atoms with Gasteiger partial charge in [-0.25, -0.2) is 0 Å². The summed E-state index contributed by atoms with van der Waals surface area (Å²) in [5.74, 6) is 1.10. The van der Waals surface area contributed by atoms with E-state index in [-0.39, 0.29) is 82.3 Å². The summed E-state index contributed by atoms with van der Waals surface area (Å²) in [6.45, 7) is 135. The van der Waals surface area contributed by atoms with Gasteiger partial charge in [0.05, 0.1) is 201 Å². The number of nitrogens with zero attached hydrogens (tertiary/aromatic N) is 8. The highest BCUT2D eigenvalue weighted by atomic mass is 15.5. The van der Waals surface area contributed by atoms with Gasteiger partial charge in [-0.3, -0.25) is 0 Å². The Balaban J connectivity index is 0. The minimum absolute atomic E-state index is 0. The van der Waals surface area contributed by atoms with E-state index in [1.807, 2.05) is 0 Å². The molecule has 0 aromatic rings. The van der Waals surface area contributed by atoms with Crippen LogP contribution < -0.4 is 0 Å². The van der Waals surface area contributed by atoms with Crippen molar-refractivity contribution in [1.82, 2.24) is 0 Å². The van der Waals surface area contributed by atoms with Crippen LogP contribution in [0.3, 0.4) is 0 Å². The van der Waals surface area contributed by atoms with Crippen LogP contribution in [0.15, 0.2) is 0 Å². The molecule has 0 amide bonds. The molecule has 0 aromatic carbocycles. The van der Waals surface area contributed by atoms with Gasteiger partial charge in [-0.05, 0) is 300 Å². The Kier molecular flexibility index (Phi) is 40.0. The maximum atomic E-state index is 2.52. The molecule has 8 nitrogen and oxygen atoms in total. The maximum Gasteiger partial charge on any atom is 0.0996 e. The first-order valence-electron chi connectivity index (χ1n) is 49.9. The molecule has 119 heavy (non-hydrogen) atoms. The van der Waals surface area contributed by atoms with Gasteiger partial charge in [-0.15, -0.1) is 0 Å². The van der Waals surface area contributed by atoms with Crippen LogP contribution >= 0.6 is 0 Å². The zero-order valence-corrected chi connectivity index (χ0v) is 92.0. The fraction of sp³-hybridized carbons (Fsp3) is 1.00. The summed E-state index contributed by atoms with van der Waals surface area (Å²) in [4.78, 5) is 0. The first kappa shape index (κ1) is 121. The van der Waals surface area contributed by atoms with E-state index in [4.69, 9.17) is 0 Å². The summed E-state index contributed by atoms with van der Waals surface area (Å²) in [7, 11) is 17.1. The summed E-state index contributed by atoms with van der Waals surface area (Å²) in [6.07, 6.45) is 22.7. The molecule has 9 fully saturated rings. The molecule has 0 aliphatic carbocycles. The SMILES string of the molecule is C.C.C.CC(C)[N+]1(C)C(C)(C)C(C)(C)C(C)(C)C(C)(C)C(C)(C)C1(C)C.CC(C)[N+]1(C)C(C)(C)C(C)(C)C(C)(C)C(C)(C)C1(C)C.CC(C)[N+]1(C)C(C)(C)CC(C)(C)CC1(C)C.CC(C)[N+]1(C)C(C)(C)CCCC1(C)C.CC(C)[N+]1(C)CCC(C)(C)CC1.CC(C)[N+]1(C)CCCCC1.CC(C)[N+]1(C)CCCCCC1.CC(C)[N+]12CCC(CC1)C2. The topological polar surface area (TPSA) is 0 Å². The van der Waals surface area contributed by atoms with Crippen molar-refractivity contribution in [2.24, 2.45) is 54.7 Å². The van der Waals surface area contributed by atoms with Gasteiger partial charge in [-0.1, -0.05) is 147 Å². The van der Waals surface area contributed by atoms with Crippen LogP contribution in [0.2, 0.25) is 0 Å². The molecule has 9 heterocycles. The average Bonchev–Trinajstić information content (AvgIpc) is 1.46. The number of rotatable bonds is 8. The van der Waals surface area contributed by atoms with E-state index in [0.717, 1.165) is 39.1 Å². The highest BCUT2D eigenvalue weighted by Gasteiger charge is 2.77. The average molecular weight is 1690 g/mol. The third kappa shape index (κ3) is 21.2.